The van der Waals surface area contributed by atoms with E-state index >= 15 is 0 Å². The molecule has 3 nitrogen and oxygen atoms in total. The maximum atomic E-state index is 10.9. The van der Waals surface area contributed by atoms with Crippen molar-refractivity contribution in [2.45, 2.75) is 20.8 Å². The second-order valence-electron chi connectivity index (χ2n) is 3.12. The van der Waals surface area contributed by atoms with E-state index in [2.05, 4.69) is 0 Å². The molecule has 0 unspecified atom stereocenters. The Balaban J connectivity index is 3.29. The zero-order valence-electron chi connectivity index (χ0n) is 8.63. The largest absolute Gasteiger partial charge is 0.493 e. The van der Waals surface area contributed by atoms with Crippen LogP contribution >= 0.6 is 0 Å². The number of rotatable bonds is 3. The topological polar surface area (TPSA) is 46.5 Å². The highest BCUT2D eigenvalue weighted by atomic mass is 16.5. The third-order valence-corrected chi connectivity index (χ3v) is 2.20. The van der Waals surface area contributed by atoms with Gasteiger partial charge in [0.2, 0.25) is 0 Å². The lowest BCUT2D eigenvalue weighted by Gasteiger charge is -2.12. The Morgan fingerprint density at radius 1 is 1.43 bits per heavy atom. The van der Waals surface area contributed by atoms with Gasteiger partial charge >= 0.3 is 5.97 Å². The Kier molecular flexibility index (Phi) is 3.12. The van der Waals surface area contributed by atoms with Crippen LogP contribution < -0.4 is 4.74 Å². The lowest BCUT2D eigenvalue weighted by Crippen LogP contribution is -2.05. The van der Waals surface area contributed by atoms with Gasteiger partial charge in [0, 0.05) is 0 Å². The van der Waals surface area contributed by atoms with Crippen LogP contribution in [0.4, 0.5) is 0 Å². The predicted molar refractivity (Wildman–Crippen MR) is 54.0 cm³/mol. The van der Waals surface area contributed by atoms with E-state index < -0.39 is 5.97 Å². The number of carbonyl (C=O) groups is 1. The van der Waals surface area contributed by atoms with E-state index in [1.807, 2.05) is 20.8 Å². The Morgan fingerprint density at radius 3 is 2.57 bits per heavy atom. The van der Waals surface area contributed by atoms with Crippen LogP contribution in [-0.2, 0) is 0 Å². The van der Waals surface area contributed by atoms with E-state index in [0.29, 0.717) is 12.4 Å². The van der Waals surface area contributed by atoms with Crippen molar-refractivity contribution in [3.05, 3.63) is 28.8 Å². The van der Waals surface area contributed by atoms with Crippen LogP contribution in [0, 0.1) is 13.8 Å². The second-order valence-corrected chi connectivity index (χ2v) is 3.12. The standard InChI is InChI=1S/C11H14O3/c1-4-14-10-8(3)7(2)5-6-9(10)11(12)13/h5-6H,4H2,1-3H3,(H,12,13). The molecule has 1 N–H and O–H groups in total. The van der Waals surface area contributed by atoms with Gasteiger partial charge in [-0.05, 0) is 38.0 Å². The van der Waals surface area contributed by atoms with Crippen LogP contribution in [0.2, 0.25) is 0 Å². The second kappa shape index (κ2) is 4.13. The van der Waals surface area contributed by atoms with E-state index in [0.717, 1.165) is 11.1 Å². The molecular weight excluding hydrogens is 180 g/mol. The molecule has 0 bridgehead atoms. The summed E-state index contributed by atoms with van der Waals surface area (Å²) in [7, 11) is 0. The quantitative estimate of drug-likeness (QED) is 0.803. The van der Waals surface area contributed by atoms with Crippen LogP contribution in [0.3, 0.4) is 0 Å². The minimum Gasteiger partial charge on any atom is -0.493 e. The summed E-state index contributed by atoms with van der Waals surface area (Å²) in [5.41, 5.74) is 2.17. The highest BCUT2D eigenvalue weighted by molar-refractivity contribution is 5.91. The first kappa shape index (κ1) is 10.6. The van der Waals surface area contributed by atoms with Gasteiger partial charge < -0.3 is 9.84 Å². The number of hydrogen-bond donors (Lipinski definition) is 1. The average molecular weight is 194 g/mol. The number of aryl methyl sites for hydroxylation is 1. The van der Waals surface area contributed by atoms with Gasteiger partial charge in [0.15, 0.2) is 0 Å². The van der Waals surface area contributed by atoms with Crippen molar-refractivity contribution in [3.63, 3.8) is 0 Å². The lowest BCUT2D eigenvalue weighted by atomic mass is 10.0. The summed E-state index contributed by atoms with van der Waals surface area (Å²) in [6.45, 7) is 6.12. The van der Waals surface area contributed by atoms with Crippen LogP contribution in [0.25, 0.3) is 0 Å². The van der Waals surface area contributed by atoms with E-state index in [9.17, 15) is 4.79 Å². The predicted octanol–water partition coefficient (Wildman–Crippen LogP) is 2.40. The zero-order chi connectivity index (χ0) is 10.7. The highest BCUT2D eigenvalue weighted by Gasteiger charge is 2.14. The minimum atomic E-state index is -0.948. The smallest absolute Gasteiger partial charge is 0.339 e. The molecule has 1 rings (SSSR count). The molecule has 1 aromatic carbocycles. The van der Waals surface area contributed by atoms with E-state index in [1.54, 1.807) is 12.1 Å². The molecule has 14 heavy (non-hydrogen) atoms. The highest BCUT2D eigenvalue weighted by Crippen LogP contribution is 2.26. The summed E-state index contributed by atoms with van der Waals surface area (Å²) >= 11 is 0. The van der Waals surface area contributed by atoms with Crippen LogP contribution in [-0.4, -0.2) is 17.7 Å². The molecular formula is C11H14O3. The number of hydrogen-bond acceptors (Lipinski definition) is 2. The maximum absolute atomic E-state index is 10.9. The maximum Gasteiger partial charge on any atom is 0.339 e. The molecule has 0 saturated heterocycles. The van der Waals surface area contributed by atoms with Gasteiger partial charge in [-0.15, -0.1) is 0 Å². The van der Waals surface area contributed by atoms with Gasteiger partial charge in [-0.3, -0.25) is 0 Å². The fourth-order valence-corrected chi connectivity index (χ4v) is 1.29. The summed E-state index contributed by atoms with van der Waals surface area (Å²) in [4.78, 5) is 10.9. The van der Waals surface area contributed by atoms with Gasteiger partial charge in [-0.2, -0.15) is 0 Å². The van der Waals surface area contributed by atoms with E-state index in [1.165, 1.54) is 0 Å². The van der Waals surface area contributed by atoms with Gasteiger partial charge in [-0.1, -0.05) is 6.07 Å². The van der Waals surface area contributed by atoms with Crippen molar-refractivity contribution in [2.75, 3.05) is 6.61 Å². The van der Waals surface area contributed by atoms with Gasteiger partial charge in [-0.25, -0.2) is 4.79 Å². The van der Waals surface area contributed by atoms with Crippen molar-refractivity contribution in [1.29, 1.82) is 0 Å². The Bertz CT molecular complexity index is 356. The molecule has 0 spiro atoms. The minimum absolute atomic E-state index is 0.231. The molecule has 0 atom stereocenters. The van der Waals surface area contributed by atoms with Crippen molar-refractivity contribution < 1.29 is 14.6 Å². The van der Waals surface area contributed by atoms with Crippen molar-refractivity contribution in [2.24, 2.45) is 0 Å². The normalized spacial score (nSPS) is 9.93. The molecule has 0 saturated carbocycles. The molecule has 76 valence electrons. The molecule has 0 aliphatic rings. The molecule has 0 heterocycles. The third kappa shape index (κ3) is 1.87. The molecule has 0 radical (unpaired) electrons. The summed E-state index contributed by atoms with van der Waals surface area (Å²) in [5.74, 6) is -0.462. The summed E-state index contributed by atoms with van der Waals surface area (Å²) in [6.07, 6.45) is 0. The van der Waals surface area contributed by atoms with Crippen LogP contribution in [0.1, 0.15) is 28.4 Å². The third-order valence-electron chi connectivity index (χ3n) is 2.20. The summed E-state index contributed by atoms with van der Waals surface area (Å²) in [5, 5.41) is 8.93. The van der Waals surface area contributed by atoms with Crippen molar-refractivity contribution in [3.8, 4) is 5.75 Å². The molecule has 0 fully saturated rings. The first-order chi connectivity index (χ1) is 6.57. The number of carboxylic acids is 1. The van der Waals surface area contributed by atoms with E-state index in [-0.39, 0.29) is 5.56 Å². The van der Waals surface area contributed by atoms with Crippen LogP contribution in [0.5, 0.6) is 5.75 Å². The van der Waals surface area contributed by atoms with Crippen molar-refractivity contribution >= 4 is 5.97 Å². The zero-order valence-corrected chi connectivity index (χ0v) is 8.63. The Hall–Kier alpha value is -1.51. The van der Waals surface area contributed by atoms with Crippen molar-refractivity contribution in [1.82, 2.24) is 0 Å². The van der Waals surface area contributed by atoms with Gasteiger partial charge in [0.1, 0.15) is 11.3 Å². The molecule has 0 aliphatic carbocycles. The Morgan fingerprint density at radius 2 is 2.07 bits per heavy atom. The lowest BCUT2D eigenvalue weighted by molar-refractivity contribution is 0.0692. The first-order valence-corrected chi connectivity index (χ1v) is 4.54. The molecule has 0 amide bonds. The molecule has 1 aromatic rings. The first-order valence-electron chi connectivity index (χ1n) is 4.54. The summed E-state index contributed by atoms with van der Waals surface area (Å²) < 4.78 is 5.33. The fourth-order valence-electron chi connectivity index (χ4n) is 1.29. The number of ether oxygens (including phenoxy) is 1. The number of carboxylic acid groups (broad SMARTS) is 1. The molecule has 0 aromatic heterocycles. The number of aromatic carboxylic acids is 1. The fraction of sp³-hybridized carbons (Fsp3) is 0.364. The monoisotopic (exact) mass is 194 g/mol. The number of benzene rings is 1. The SMILES string of the molecule is CCOc1c(C(=O)O)ccc(C)c1C. The summed E-state index contributed by atoms with van der Waals surface area (Å²) in [6, 6.07) is 3.37. The molecule has 3 heteroatoms. The van der Waals surface area contributed by atoms with Gasteiger partial charge in [0.05, 0.1) is 6.61 Å². The molecule has 0 aliphatic heterocycles. The Labute approximate surface area is 83.3 Å². The van der Waals surface area contributed by atoms with Crippen LogP contribution in [0.15, 0.2) is 12.1 Å². The van der Waals surface area contributed by atoms with E-state index in [4.69, 9.17) is 9.84 Å². The average Bonchev–Trinajstić information content (AvgIpc) is 2.13. The van der Waals surface area contributed by atoms with Gasteiger partial charge in [0.25, 0.3) is 0 Å².